The quantitative estimate of drug-likeness (QED) is 0.728. The van der Waals surface area contributed by atoms with Gasteiger partial charge in [-0.3, -0.25) is 9.69 Å². The van der Waals surface area contributed by atoms with Crippen molar-refractivity contribution in [1.29, 1.82) is 0 Å². The summed E-state index contributed by atoms with van der Waals surface area (Å²) >= 11 is 0. The Hall–Kier alpha value is -1.37. The second kappa shape index (κ2) is 5.09. The number of anilines is 1. The molecule has 1 amide bonds. The summed E-state index contributed by atoms with van der Waals surface area (Å²) in [6.45, 7) is 6.19. The lowest BCUT2D eigenvalue weighted by Crippen LogP contribution is -2.75. The van der Waals surface area contributed by atoms with E-state index in [0.29, 0.717) is 17.7 Å². The fourth-order valence-electron chi connectivity index (χ4n) is 5.69. The van der Waals surface area contributed by atoms with Crippen LogP contribution in [0, 0.1) is 23.7 Å². The predicted octanol–water partition coefficient (Wildman–Crippen LogP) is 3.48. The first kappa shape index (κ1) is 15.9. The largest absolute Gasteiger partial charge is 0.448 e. The van der Waals surface area contributed by atoms with E-state index in [0.717, 1.165) is 25.7 Å². The topological polar surface area (TPSA) is 61.1 Å². The summed E-state index contributed by atoms with van der Waals surface area (Å²) in [5.41, 5.74) is -0.631. The number of nitrogens with zero attached hydrogens (tertiary/aromatic N) is 1. The van der Waals surface area contributed by atoms with Crippen molar-refractivity contribution in [2.75, 3.05) is 4.90 Å². The Kier molecular flexibility index (Phi) is 3.22. The minimum Gasteiger partial charge on any atom is -0.448 e. The zero-order chi connectivity index (χ0) is 17.4. The number of carbonyl (C=O) groups excluding carboxylic acids is 1. The van der Waals surface area contributed by atoms with Crippen LogP contribution in [0.25, 0.3) is 0 Å². The third-order valence-corrected chi connectivity index (χ3v) is 7.01. The number of rotatable bonds is 1. The van der Waals surface area contributed by atoms with Crippen molar-refractivity contribution in [1.82, 2.24) is 0 Å². The van der Waals surface area contributed by atoms with Gasteiger partial charge >= 0.3 is 0 Å². The summed E-state index contributed by atoms with van der Waals surface area (Å²) in [6.07, 6.45) is 4.89. The molecule has 1 saturated carbocycles. The summed E-state index contributed by atoms with van der Waals surface area (Å²) in [6, 6.07) is 3.61. The van der Waals surface area contributed by atoms with Gasteiger partial charge < -0.3 is 9.15 Å². The van der Waals surface area contributed by atoms with Gasteiger partial charge in [-0.2, -0.15) is 0 Å². The fourth-order valence-corrected chi connectivity index (χ4v) is 5.69. The monoisotopic (exact) mass is 347 g/mol. The van der Waals surface area contributed by atoms with Crippen LogP contribution in [-0.4, -0.2) is 23.5 Å². The fraction of sp³-hybridized carbons (Fsp3) is 0.737. The number of furan rings is 1. The average Bonchev–Trinajstić information content (AvgIpc) is 3.01. The van der Waals surface area contributed by atoms with Crippen LogP contribution < -0.4 is 4.90 Å². The van der Waals surface area contributed by atoms with Gasteiger partial charge in [0.05, 0.1) is 6.26 Å². The van der Waals surface area contributed by atoms with Gasteiger partial charge in [-0.1, -0.05) is 13.8 Å². The summed E-state index contributed by atoms with van der Waals surface area (Å²) in [5.74, 6) is 0.475. The molecule has 0 N–H and O–H groups in total. The van der Waals surface area contributed by atoms with Crippen molar-refractivity contribution in [3.8, 4) is 0 Å². The van der Waals surface area contributed by atoms with Crippen LogP contribution in [-0.2, 0) is 19.3 Å². The Morgan fingerprint density at radius 2 is 2.00 bits per heavy atom. The Bertz CT molecular complexity index is 690. The summed E-state index contributed by atoms with van der Waals surface area (Å²) in [5, 5.41) is 0. The molecule has 4 saturated heterocycles. The van der Waals surface area contributed by atoms with E-state index in [2.05, 4.69) is 6.92 Å². The third-order valence-electron chi connectivity index (χ3n) is 7.01. The molecule has 4 aliphatic heterocycles. The number of hydrogen-bond acceptors (Lipinski definition) is 5. The van der Waals surface area contributed by atoms with Gasteiger partial charge in [0.1, 0.15) is 0 Å². The highest BCUT2D eigenvalue weighted by Crippen LogP contribution is 2.60. The molecule has 6 heteroatoms. The van der Waals surface area contributed by atoms with Crippen LogP contribution in [0.2, 0.25) is 0 Å². The van der Waals surface area contributed by atoms with Gasteiger partial charge in [0.15, 0.2) is 11.8 Å². The standard InChI is InChI=1S/C19H25NO5/c1-11-6-7-14-12(2)16(21)20(15-5-4-10-22-15)17-19(14)13(11)8-9-18(3,23-17)24-25-19/h4-5,10-14,17H,6-9H2,1-3H3/t11-,12-,13+,14+,17-,18-,19-/m1/s1. The van der Waals surface area contributed by atoms with Crippen molar-refractivity contribution in [2.45, 2.75) is 64.1 Å². The van der Waals surface area contributed by atoms with Crippen molar-refractivity contribution < 1.29 is 23.7 Å². The van der Waals surface area contributed by atoms with Crippen LogP contribution in [0.1, 0.15) is 46.5 Å². The van der Waals surface area contributed by atoms with Crippen molar-refractivity contribution in [3.63, 3.8) is 0 Å². The SMILES string of the molecule is C[C@@H]1CC[C@H]2[C@@H](C)C(=O)N(c3ccco3)[C@@H]3O[C@@]4(C)CC[C@@H]1[C@@]23OO4. The van der Waals surface area contributed by atoms with Crippen LogP contribution in [0.15, 0.2) is 22.8 Å². The smallest absolute Gasteiger partial charge is 0.234 e. The van der Waals surface area contributed by atoms with E-state index in [9.17, 15) is 4.79 Å². The maximum absolute atomic E-state index is 13.2. The molecular formula is C19H25NO5. The van der Waals surface area contributed by atoms with E-state index in [1.54, 1.807) is 17.2 Å². The summed E-state index contributed by atoms with van der Waals surface area (Å²) in [4.78, 5) is 26.9. The van der Waals surface area contributed by atoms with Crippen molar-refractivity contribution >= 4 is 11.8 Å². The second-order valence-corrected chi connectivity index (χ2v) is 8.38. The Morgan fingerprint density at radius 1 is 1.16 bits per heavy atom. The zero-order valence-electron chi connectivity index (χ0n) is 14.9. The normalized spacial score (nSPS) is 49.0. The Morgan fingerprint density at radius 3 is 2.76 bits per heavy atom. The van der Waals surface area contributed by atoms with Gasteiger partial charge in [-0.15, -0.1) is 0 Å². The van der Waals surface area contributed by atoms with Gasteiger partial charge in [0, 0.05) is 24.3 Å². The molecule has 5 aliphatic rings. The number of amides is 1. The maximum Gasteiger partial charge on any atom is 0.234 e. The minimum absolute atomic E-state index is 0.0450. The highest BCUT2D eigenvalue weighted by atomic mass is 17.3. The predicted molar refractivity (Wildman–Crippen MR) is 88.1 cm³/mol. The molecular weight excluding hydrogens is 322 g/mol. The first-order chi connectivity index (χ1) is 12.0. The Balaban J connectivity index is 1.70. The lowest BCUT2D eigenvalue weighted by atomic mass is 9.57. The van der Waals surface area contributed by atoms with Crippen LogP contribution in [0.4, 0.5) is 5.88 Å². The van der Waals surface area contributed by atoms with E-state index in [-0.39, 0.29) is 17.7 Å². The van der Waals surface area contributed by atoms with E-state index < -0.39 is 17.6 Å². The van der Waals surface area contributed by atoms with Crippen LogP contribution in [0.3, 0.4) is 0 Å². The third kappa shape index (κ3) is 1.93. The molecule has 1 aromatic rings. The highest BCUT2D eigenvalue weighted by Gasteiger charge is 2.71. The molecule has 7 atom stereocenters. The molecule has 1 aromatic heterocycles. The molecule has 5 heterocycles. The molecule has 0 radical (unpaired) electrons. The van der Waals surface area contributed by atoms with Gasteiger partial charge in [-0.05, 0) is 44.1 Å². The summed E-state index contributed by atoms with van der Waals surface area (Å²) < 4.78 is 12.0. The van der Waals surface area contributed by atoms with E-state index in [1.165, 1.54) is 0 Å². The summed E-state index contributed by atoms with van der Waals surface area (Å²) in [7, 11) is 0. The second-order valence-electron chi connectivity index (χ2n) is 8.38. The molecule has 6 rings (SSSR count). The number of ether oxygens (including phenoxy) is 1. The number of carbonyl (C=O) groups is 1. The lowest BCUT2D eigenvalue weighted by molar-refractivity contribution is -0.535. The van der Waals surface area contributed by atoms with Gasteiger partial charge in [0.2, 0.25) is 17.6 Å². The van der Waals surface area contributed by atoms with E-state index >= 15 is 0 Å². The Labute approximate surface area is 147 Å². The van der Waals surface area contributed by atoms with Gasteiger partial charge in [-0.25, -0.2) is 9.78 Å². The molecule has 25 heavy (non-hydrogen) atoms. The number of hydrogen-bond donors (Lipinski definition) is 0. The average molecular weight is 347 g/mol. The first-order valence-corrected chi connectivity index (χ1v) is 9.37. The number of fused-ring (bicyclic) bond motifs is 2. The molecule has 6 nitrogen and oxygen atoms in total. The van der Waals surface area contributed by atoms with Crippen LogP contribution >= 0.6 is 0 Å². The molecule has 1 spiro atoms. The maximum atomic E-state index is 13.2. The van der Waals surface area contributed by atoms with Gasteiger partial charge in [0.25, 0.3) is 0 Å². The zero-order valence-corrected chi connectivity index (χ0v) is 14.9. The van der Waals surface area contributed by atoms with Crippen molar-refractivity contribution in [2.24, 2.45) is 23.7 Å². The first-order valence-electron chi connectivity index (χ1n) is 9.37. The molecule has 1 aliphatic carbocycles. The molecule has 136 valence electrons. The molecule has 0 unspecified atom stereocenters. The van der Waals surface area contributed by atoms with E-state index in [1.807, 2.05) is 19.9 Å². The molecule has 5 fully saturated rings. The van der Waals surface area contributed by atoms with Crippen molar-refractivity contribution in [3.05, 3.63) is 18.4 Å². The minimum atomic E-state index is -0.830. The molecule has 2 bridgehead atoms. The number of piperidine rings is 1. The van der Waals surface area contributed by atoms with E-state index in [4.69, 9.17) is 18.9 Å². The molecule has 0 aromatic carbocycles. The highest BCUT2D eigenvalue weighted by molar-refractivity contribution is 5.95. The lowest BCUT2D eigenvalue weighted by Gasteiger charge is -2.61. The van der Waals surface area contributed by atoms with Crippen LogP contribution in [0.5, 0.6) is 0 Å².